The lowest BCUT2D eigenvalue weighted by atomic mass is 10.1. The molecule has 374 valence electrons. The molecule has 69 heavy (non-hydrogen) atoms. The molecule has 0 radical (unpaired) electrons. The average Bonchev–Trinajstić information content (AvgIpc) is 3.61. The fraction of sp³-hybridized carbons (Fsp3) is 0.488. The Balaban J connectivity index is 1.70. The number of guanidine groups is 1. The quantitative estimate of drug-likeness (QED) is 0.0252. The number of carboxylic acids is 3. The van der Waals surface area contributed by atoms with Crippen LogP contribution in [0.5, 0.6) is 0 Å². The molecule has 2 heterocycles. The molecule has 28 heteroatoms. The van der Waals surface area contributed by atoms with E-state index in [-0.39, 0.29) is 60.5 Å². The van der Waals surface area contributed by atoms with Crippen LogP contribution in [0, 0.1) is 11.3 Å². The van der Waals surface area contributed by atoms with Crippen molar-refractivity contribution in [3.05, 3.63) is 36.0 Å². The first-order valence-corrected chi connectivity index (χ1v) is 21.2. The lowest BCUT2D eigenvalue weighted by Gasteiger charge is -2.25. The van der Waals surface area contributed by atoms with Crippen LogP contribution in [0.3, 0.4) is 0 Å². The number of likely N-dealkylation sites (tertiary alicyclic amines) is 1. The van der Waals surface area contributed by atoms with Gasteiger partial charge in [-0.05, 0) is 50.8 Å². The Hall–Kier alpha value is -8.09. The molecule has 0 spiro atoms. The van der Waals surface area contributed by atoms with Crippen molar-refractivity contribution >= 4 is 81.8 Å². The van der Waals surface area contributed by atoms with Gasteiger partial charge in [0.2, 0.25) is 35.4 Å². The van der Waals surface area contributed by atoms with Crippen LogP contribution in [-0.2, 0) is 43.2 Å². The highest BCUT2D eigenvalue weighted by Crippen LogP contribution is 2.31. The molecule has 1 aromatic heterocycles. The van der Waals surface area contributed by atoms with Gasteiger partial charge in [0.1, 0.15) is 30.2 Å². The number of halogens is 2. The van der Waals surface area contributed by atoms with E-state index in [1.165, 1.54) is 30.5 Å². The van der Waals surface area contributed by atoms with E-state index < -0.39 is 141 Å². The van der Waals surface area contributed by atoms with Gasteiger partial charge in [0.15, 0.2) is 5.96 Å². The topological polar surface area (TPSA) is 434 Å². The molecular weight excluding hydrogens is 921 g/mol. The number of para-hydroxylation sites is 1. The van der Waals surface area contributed by atoms with Gasteiger partial charge in [-0.25, -0.2) is 13.6 Å². The zero-order valence-electron chi connectivity index (χ0n) is 36.9. The number of carbonyl (C=O) groups is 10. The van der Waals surface area contributed by atoms with Crippen molar-refractivity contribution in [3.8, 4) is 6.07 Å². The van der Waals surface area contributed by atoms with Gasteiger partial charge >= 0.3 is 17.9 Å². The van der Waals surface area contributed by atoms with E-state index in [1.807, 2.05) is 0 Å². The SMILES string of the molecule is N#C[C@H]1CC(F)(F)CN1C(=O)CNC(=O)c1ccnc2c(NC(=O)CCC(=O)N[C@H](CC(=O)O)C(=O)N[C@H](CCCN=C(N)N)C(=O)N[C@H](CC(=O)O)C(=O)N[C@H](CCCCN)C(=O)O)cccc12. The number of hydrogen-bond donors (Lipinski definition) is 12. The second-order valence-corrected chi connectivity index (χ2v) is 15.6. The summed E-state index contributed by atoms with van der Waals surface area (Å²) >= 11 is 0. The summed E-state index contributed by atoms with van der Waals surface area (Å²) in [6, 6.07) is -0.930. The molecular formula is C41H53F2N13O13. The number of rotatable bonds is 27. The average molecular weight is 974 g/mol. The fourth-order valence-corrected chi connectivity index (χ4v) is 6.84. The number of unbranched alkanes of at least 4 members (excludes halogenated alkanes) is 1. The summed E-state index contributed by atoms with van der Waals surface area (Å²) in [5, 5.41) is 51.7. The number of aliphatic carboxylic acids is 3. The largest absolute Gasteiger partial charge is 0.481 e. The number of pyridine rings is 1. The number of nitrogens with one attached hydrogen (secondary N) is 6. The van der Waals surface area contributed by atoms with Crippen LogP contribution in [-0.4, -0.2) is 153 Å². The van der Waals surface area contributed by atoms with Gasteiger partial charge in [0, 0.05) is 37.4 Å². The monoisotopic (exact) mass is 973 g/mol. The zero-order valence-corrected chi connectivity index (χ0v) is 36.9. The van der Waals surface area contributed by atoms with Crippen molar-refractivity contribution in [2.45, 2.75) is 100 Å². The van der Waals surface area contributed by atoms with Crippen LogP contribution in [0.4, 0.5) is 14.5 Å². The number of carbonyl (C=O) groups excluding carboxylic acids is 7. The molecule has 1 fully saturated rings. The minimum absolute atomic E-state index is 0.0176. The van der Waals surface area contributed by atoms with E-state index in [0.717, 1.165) is 0 Å². The van der Waals surface area contributed by atoms with Crippen LogP contribution in [0.15, 0.2) is 35.5 Å². The van der Waals surface area contributed by atoms with Crippen molar-refractivity contribution < 1.29 is 72.0 Å². The smallest absolute Gasteiger partial charge is 0.326 e. The van der Waals surface area contributed by atoms with Crippen LogP contribution in [0.1, 0.15) is 74.6 Å². The number of anilines is 1. The Morgan fingerprint density at radius 3 is 2.03 bits per heavy atom. The third kappa shape index (κ3) is 17.9. The van der Waals surface area contributed by atoms with Gasteiger partial charge in [0.05, 0.1) is 48.8 Å². The number of aromatic nitrogens is 1. The maximum atomic E-state index is 13.8. The Morgan fingerprint density at radius 2 is 1.42 bits per heavy atom. The Labute approximate surface area is 391 Å². The normalized spacial score (nSPS) is 15.4. The highest BCUT2D eigenvalue weighted by atomic mass is 19.3. The number of nitrogens with zero attached hydrogens (tertiary/aromatic N) is 4. The van der Waals surface area contributed by atoms with Crippen LogP contribution in [0.2, 0.25) is 0 Å². The highest BCUT2D eigenvalue weighted by molar-refractivity contribution is 6.11. The van der Waals surface area contributed by atoms with Gasteiger partial charge < -0.3 is 69.3 Å². The second-order valence-electron chi connectivity index (χ2n) is 15.6. The van der Waals surface area contributed by atoms with Gasteiger partial charge in [-0.3, -0.25) is 53.1 Å². The molecule has 1 aliphatic rings. The molecule has 1 aliphatic heterocycles. The Kier molecular flexibility index (Phi) is 21.1. The Morgan fingerprint density at radius 1 is 0.826 bits per heavy atom. The molecule has 2 aromatic rings. The van der Waals surface area contributed by atoms with Crippen molar-refractivity contribution in [3.63, 3.8) is 0 Å². The first-order chi connectivity index (χ1) is 32.5. The summed E-state index contributed by atoms with van der Waals surface area (Å²) in [4.78, 5) is 136. The molecule has 0 aliphatic carbocycles. The number of benzene rings is 1. The number of fused-ring (bicyclic) bond motifs is 1. The summed E-state index contributed by atoms with van der Waals surface area (Å²) in [5.74, 6) is -15.2. The lowest BCUT2D eigenvalue weighted by molar-refractivity contribution is -0.144. The van der Waals surface area contributed by atoms with Gasteiger partial charge in [0.25, 0.3) is 11.8 Å². The van der Waals surface area contributed by atoms with Crippen LogP contribution in [0.25, 0.3) is 10.9 Å². The van der Waals surface area contributed by atoms with Gasteiger partial charge in [-0.15, -0.1) is 0 Å². The minimum atomic E-state index is -3.26. The van der Waals surface area contributed by atoms with Crippen molar-refractivity contribution in [2.75, 3.05) is 31.5 Å². The predicted molar refractivity (Wildman–Crippen MR) is 235 cm³/mol. The first kappa shape index (κ1) is 55.2. The van der Waals surface area contributed by atoms with E-state index in [1.54, 1.807) is 6.07 Å². The summed E-state index contributed by atoms with van der Waals surface area (Å²) in [6.45, 7) is -1.54. The number of alkyl halides is 2. The van der Waals surface area contributed by atoms with E-state index in [0.29, 0.717) is 17.7 Å². The third-order valence-electron chi connectivity index (χ3n) is 10.2. The highest BCUT2D eigenvalue weighted by Gasteiger charge is 2.47. The molecule has 1 aromatic carbocycles. The second kappa shape index (κ2) is 26.3. The van der Waals surface area contributed by atoms with Gasteiger partial charge in [-0.2, -0.15) is 5.26 Å². The summed E-state index contributed by atoms with van der Waals surface area (Å²) in [5.41, 5.74) is 16.3. The third-order valence-corrected chi connectivity index (χ3v) is 10.2. The van der Waals surface area contributed by atoms with E-state index in [9.17, 15) is 77.3 Å². The van der Waals surface area contributed by atoms with Crippen molar-refractivity contribution in [1.82, 2.24) is 36.5 Å². The molecule has 0 saturated carbocycles. The summed E-state index contributed by atoms with van der Waals surface area (Å²) < 4.78 is 27.7. The maximum absolute atomic E-state index is 13.8. The molecule has 0 bridgehead atoms. The molecule has 26 nitrogen and oxygen atoms in total. The molecule has 5 atom stereocenters. The number of hydrogen-bond acceptors (Lipinski definition) is 14. The number of nitriles is 1. The van der Waals surface area contributed by atoms with Crippen LogP contribution < -0.4 is 49.1 Å². The molecule has 7 amide bonds. The van der Waals surface area contributed by atoms with E-state index in [2.05, 4.69) is 41.9 Å². The van der Waals surface area contributed by atoms with E-state index >= 15 is 0 Å². The molecule has 15 N–H and O–H groups in total. The van der Waals surface area contributed by atoms with Crippen molar-refractivity contribution in [1.29, 1.82) is 5.26 Å². The molecule has 1 saturated heterocycles. The molecule has 0 unspecified atom stereocenters. The first-order valence-electron chi connectivity index (χ1n) is 21.2. The molecule has 3 rings (SSSR count). The predicted octanol–water partition coefficient (Wildman–Crippen LogP) is -2.40. The lowest BCUT2D eigenvalue weighted by Crippen LogP contribution is -2.58. The number of aliphatic imine (C=N–C) groups is 1. The fourth-order valence-electron chi connectivity index (χ4n) is 6.84. The number of amides is 7. The number of carboxylic acid groups (broad SMARTS) is 3. The summed E-state index contributed by atoms with van der Waals surface area (Å²) in [6.07, 6.45) is -2.52. The van der Waals surface area contributed by atoms with Crippen LogP contribution >= 0.6 is 0 Å². The minimum Gasteiger partial charge on any atom is -0.481 e. The number of nitrogens with two attached hydrogens (primary N) is 3. The zero-order chi connectivity index (χ0) is 51.4. The van der Waals surface area contributed by atoms with Crippen molar-refractivity contribution in [2.24, 2.45) is 22.2 Å². The standard InChI is InChI=1S/C41H53F2N13O13/c42-41(43)17-21(18-45)56(20-41)31(59)19-50-35(64)23-11-14-48-34-22(23)5-3-7-24(34)51-29(57)9-10-30(58)52-27(15-32(60)61)37(66)53-25(8-4-13-49-40(46)47)36(65)55-28(16-33(62)63)38(67)54-26(39(68)69)6-1-2-12-44/h3,5,7,11,14,21,25-28H,1-2,4,6,8-10,12-13,15-17,19-20,44H2,(H,50,64)(H,51,57)(H,52,58)(H,53,66)(H,54,67)(H,55,65)(H,60,61)(H,62,63)(H,68,69)(H4,46,47,49)/t21-,25-,26-,27-,28-/m1/s1. The van der Waals surface area contributed by atoms with E-state index in [4.69, 9.17) is 17.2 Å². The van der Waals surface area contributed by atoms with Gasteiger partial charge in [-0.1, -0.05) is 12.1 Å². The maximum Gasteiger partial charge on any atom is 0.326 e. The Bertz CT molecular complexity index is 2340. The summed E-state index contributed by atoms with van der Waals surface area (Å²) in [7, 11) is 0.